The number of nitro groups is 1. The molecule has 8 heteroatoms. The van der Waals surface area contributed by atoms with Gasteiger partial charge in [-0.25, -0.2) is 15.0 Å². The van der Waals surface area contributed by atoms with Crippen LogP contribution in [0.25, 0.3) is 0 Å². The Balaban J connectivity index is 1.86. The largest absolute Gasteiger partial charge is 0.361 e. The van der Waals surface area contributed by atoms with E-state index in [0.29, 0.717) is 5.82 Å². The quantitative estimate of drug-likeness (QED) is 0.638. The summed E-state index contributed by atoms with van der Waals surface area (Å²) in [4.78, 5) is 23.4. The summed E-state index contributed by atoms with van der Waals surface area (Å²) in [6.07, 6.45) is 8.51. The molecule has 0 aromatic carbocycles. The molecule has 0 bridgehead atoms. The number of nitrogens with zero attached hydrogens (tertiary/aromatic N) is 4. The van der Waals surface area contributed by atoms with Crippen LogP contribution in [-0.4, -0.2) is 25.9 Å². The molecule has 0 amide bonds. The number of aryl methyl sites for hydroxylation is 1. The van der Waals surface area contributed by atoms with E-state index in [9.17, 15) is 10.1 Å². The maximum Gasteiger partial charge on any atom is 0.353 e. The number of anilines is 3. The molecule has 1 fully saturated rings. The number of hydrogen-bond acceptors (Lipinski definition) is 7. The van der Waals surface area contributed by atoms with Crippen LogP contribution in [0.3, 0.4) is 0 Å². The van der Waals surface area contributed by atoms with Crippen molar-refractivity contribution < 1.29 is 4.92 Å². The van der Waals surface area contributed by atoms with Crippen molar-refractivity contribution in [1.82, 2.24) is 15.0 Å². The highest BCUT2D eigenvalue weighted by Gasteiger charge is 2.25. The van der Waals surface area contributed by atoms with Crippen molar-refractivity contribution in [3.8, 4) is 0 Å². The lowest BCUT2D eigenvalue weighted by molar-refractivity contribution is -0.383. The van der Waals surface area contributed by atoms with Crippen molar-refractivity contribution in [2.24, 2.45) is 0 Å². The number of hydrogen-bond donors (Lipinski definition) is 2. The third-order valence-corrected chi connectivity index (χ3v) is 4.11. The van der Waals surface area contributed by atoms with E-state index in [2.05, 4.69) is 25.6 Å². The molecule has 2 heterocycles. The van der Waals surface area contributed by atoms with Gasteiger partial charge in [0.2, 0.25) is 11.6 Å². The standard InChI is InChI=1S/C16H20N6O2/c1-11-7-8-13(17-9-11)21-16-14(22(23)24)15(18-10-19-16)20-12-5-3-2-4-6-12/h7-10,12H,2-6H2,1H3,(H2,17,18,19,20,21). The predicted molar refractivity (Wildman–Crippen MR) is 91.4 cm³/mol. The molecule has 24 heavy (non-hydrogen) atoms. The summed E-state index contributed by atoms with van der Waals surface area (Å²) in [5.74, 6) is 0.909. The van der Waals surface area contributed by atoms with Crippen LogP contribution >= 0.6 is 0 Å². The topological polar surface area (TPSA) is 106 Å². The minimum Gasteiger partial charge on any atom is -0.361 e. The van der Waals surface area contributed by atoms with E-state index >= 15 is 0 Å². The van der Waals surface area contributed by atoms with Crippen LogP contribution in [0, 0.1) is 17.0 Å². The van der Waals surface area contributed by atoms with Crippen LogP contribution in [0.5, 0.6) is 0 Å². The van der Waals surface area contributed by atoms with Gasteiger partial charge in [0, 0.05) is 12.2 Å². The van der Waals surface area contributed by atoms with Gasteiger partial charge >= 0.3 is 5.69 Å². The highest BCUT2D eigenvalue weighted by molar-refractivity contribution is 5.72. The summed E-state index contributed by atoms with van der Waals surface area (Å²) < 4.78 is 0. The fourth-order valence-corrected chi connectivity index (χ4v) is 2.85. The third kappa shape index (κ3) is 3.76. The molecule has 2 N–H and O–H groups in total. The minimum atomic E-state index is -0.457. The van der Waals surface area contributed by atoms with Gasteiger partial charge in [-0.1, -0.05) is 25.3 Å². The molecule has 1 aliphatic carbocycles. The first-order valence-corrected chi connectivity index (χ1v) is 8.09. The van der Waals surface area contributed by atoms with E-state index in [4.69, 9.17) is 0 Å². The van der Waals surface area contributed by atoms with Gasteiger partial charge in [-0.15, -0.1) is 0 Å². The molecular formula is C16H20N6O2. The van der Waals surface area contributed by atoms with Crippen molar-refractivity contribution in [1.29, 1.82) is 0 Å². The summed E-state index contributed by atoms with van der Waals surface area (Å²) in [7, 11) is 0. The molecule has 8 nitrogen and oxygen atoms in total. The first-order chi connectivity index (χ1) is 11.6. The van der Waals surface area contributed by atoms with E-state index < -0.39 is 4.92 Å². The summed E-state index contributed by atoms with van der Waals surface area (Å²) in [5, 5.41) is 17.7. The van der Waals surface area contributed by atoms with Gasteiger partial charge in [-0.05, 0) is 31.4 Å². The van der Waals surface area contributed by atoms with E-state index in [1.165, 1.54) is 12.7 Å². The highest BCUT2D eigenvalue weighted by atomic mass is 16.6. The molecule has 0 atom stereocenters. The number of nitrogens with one attached hydrogen (secondary N) is 2. The maximum atomic E-state index is 11.6. The Morgan fingerprint density at radius 1 is 1.12 bits per heavy atom. The Bertz CT molecular complexity index is 713. The molecule has 1 aliphatic rings. The Morgan fingerprint density at radius 2 is 1.88 bits per heavy atom. The maximum absolute atomic E-state index is 11.6. The molecule has 0 spiro atoms. The second-order valence-electron chi connectivity index (χ2n) is 6.00. The van der Waals surface area contributed by atoms with Crippen LogP contribution < -0.4 is 10.6 Å². The lowest BCUT2D eigenvalue weighted by Crippen LogP contribution is -2.23. The zero-order valence-electron chi connectivity index (χ0n) is 13.5. The number of aromatic nitrogens is 3. The minimum absolute atomic E-state index is 0.143. The van der Waals surface area contributed by atoms with Crippen LogP contribution in [-0.2, 0) is 0 Å². The Labute approximate surface area is 139 Å². The Kier molecular flexibility index (Phi) is 4.83. The second kappa shape index (κ2) is 7.20. The van der Waals surface area contributed by atoms with E-state index in [-0.39, 0.29) is 23.4 Å². The SMILES string of the molecule is Cc1ccc(Nc2ncnc(NC3CCCCC3)c2[N+](=O)[O-])nc1. The molecule has 0 radical (unpaired) electrons. The van der Waals surface area contributed by atoms with E-state index in [1.807, 2.05) is 13.0 Å². The molecule has 0 saturated heterocycles. The molecule has 2 aromatic rings. The summed E-state index contributed by atoms with van der Waals surface area (Å²) in [6, 6.07) is 3.86. The number of pyridine rings is 1. The van der Waals surface area contributed by atoms with Crippen molar-refractivity contribution in [3.05, 3.63) is 40.3 Å². The lowest BCUT2D eigenvalue weighted by atomic mass is 9.95. The van der Waals surface area contributed by atoms with Crippen molar-refractivity contribution in [2.45, 2.75) is 45.1 Å². The van der Waals surface area contributed by atoms with E-state index in [0.717, 1.165) is 31.2 Å². The van der Waals surface area contributed by atoms with Crippen molar-refractivity contribution in [2.75, 3.05) is 10.6 Å². The Morgan fingerprint density at radius 3 is 2.54 bits per heavy atom. The van der Waals surface area contributed by atoms with Crippen molar-refractivity contribution >= 4 is 23.1 Å². The smallest absolute Gasteiger partial charge is 0.353 e. The van der Waals surface area contributed by atoms with Gasteiger partial charge in [-0.3, -0.25) is 10.1 Å². The summed E-state index contributed by atoms with van der Waals surface area (Å²) >= 11 is 0. The molecule has 0 aliphatic heterocycles. The average Bonchev–Trinajstić information content (AvgIpc) is 2.58. The van der Waals surface area contributed by atoms with E-state index in [1.54, 1.807) is 12.3 Å². The molecular weight excluding hydrogens is 308 g/mol. The van der Waals surface area contributed by atoms with Gasteiger partial charge in [-0.2, -0.15) is 0 Å². The summed E-state index contributed by atoms with van der Waals surface area (Å²) in [5.41, 5.74) is 0.864. The Hall–Kier alpha value is -2.77. The van der Waals surface area contributed by atoms with Gasteiger partial charge < -0.3 is 10.6 Å². The van der Waals surface area contributed by atoms with Gasteiger partial charge in [0.15, 0.2) is 0 Å². The average molecular weight is 328 g/mol. The zero-order valence-corrected chi connectivity index (χ0v) is 13.5. The summed E-state index contributed by atoms with van der Waals surface area (Å²) in [6.45, 7) is 1.93. The number of rotatable bonds is 5. The lowest BCUT2D eigenvalue weighted by Gasteiger charge is -2.23. The van der Waals surface area contributed by atoms with Crippen LogP contribution in [0.1, 0.15) is 37.7 Å². The van der Waals surface area contributed by atoms with Crippen molar-refractivity contribution in [3.63, 3.8) is 0 Å². The molecule has 2 aromatic heterocycles. The zero-order chi connectivity index (χ0) is 16.9. The fourth-order valence-electron chi connectivity index (χ4n) is 2.85. The highest BCUT2D eigenvalue weighted by Crippen LogP contribution is 2.32. The van der Waals surface area contributed by atoms with Gasteiger partial charge in [0.25, 0.3) is 0 Å². The normalized spacial score (nSPS) is 15.0. The fraction of sp³-hybridized carbons (Fsp3) is 0.438. The van der Waals surface area contributed by atoms with Gasteiger partial charge in [0.05, 0.1) is 4.92 Å². The molecule has 3 rings (SSSR count). The van der Waals surface area contributed by atoms with Crippen LogP contribution in [0.4, 0.5) is 23.1 Å². The first kappa shape index (κ1) is 16.1. The van der Waals surface area contributed by atoms with Crippen LogP contribution in [0.15, 0.2) is 24.7 Å². The predicted octanol–water partition coefficient (Wildman–Crippen LogP) is 3.58. The molecule has 0 unspecified atom stereocenters. The first-order valence-electron chi connectivity index (χ1n) is 8.09. The third-order valence-electron chi connectivity index (χ3n) is 4.11. The monoisotopic (exact) mass is 328 g/mol. The molecule has 126 valence electrons. The molecule has 1 saturated carbocycles. The van der Waals surface area contributed by atoms with Crippen LogP contribution in [0.2, 0.25) is 0 Å². The van der Waals surface area contributed by atoms with Gasteiger partial charge in [0.1, 0.15) is 12.1 Å². The second-order valence-corrected chi connectivity index (χ2v) is 6.00.